The molecule has 6 nitrogen and oxygen atoms in total. The Balaban J connectivity index is 1.43. The number of thiazole rings is 1. The Morgan fingerprint density at radius 3 is 2.79 bits per heavy atom. The van der Waals surface area contributed by atoms with Crippen LogP contribution in [0.1, 0.15) is 16.1 Å². The van der Waals surface area contributed by atoms with Crippen molar-refractivity contribution in [2.24, 2.45) is 0 Å². The molecule has 0 aliphatic carbocycles. The van der Waals surface area contributed by atoms with Gasteiger partial charge in [0.2, 0.25) is 0 Å². The third kappa shape index (κ3) is 3.90. The molecule has 0 radical (unpaired) electrons. The van der Waals surface area contributed by atoms with Crippen LogP contribution in [0.5, 0.6) is 17.2 Å². The number of benzene rings is 2. The number of methoxy groups -OCH3 is 1. The summed E-state index contributed by atoms with van der Waals surface area (Å²) in [5, 5.41) is 2.84. The number of carbonyl (C=O) groups is 1. The first-order valence-corrected chi connectivity index (χ1v) is 9.75. The van der Waals surface area contributed by atoms with Crippen LogP contribution in [0.4, 0.5) is 0 Å². The number of ether oxygens (including phenoxy) is 4. The van der Waals surface area contributed by atoms with E-state index < -0.39 is 5.97 Å². The van der Waals surface area contributed by atoms with Crippen LogP contribution >= 0.6 is 22.9 Å². The van der Waals surface area contributed by atoms with Crippen molar-refractivity contribution in [3.05, 3.63) is 58.1 Å². The largest absolute Gasteiger partial charge is 0.497 e. The van der Waals surface area contributed by atoms with Gasteiger partial charge in [0.1, 0.15) is 30.6 Å². The number of aromatic nitrogens is 1. The summed E-state index contributed by atoms with van der Waals surface area (Å²) >= 11 is 7.58. The fourth-order valence-corrected chi connectivity index (χ4v) is 3.79. The minimum atomic E-state index is -0.498. The highest BCUT2D eigenvalue weighted by atomic mass is 35.5. The number of esters is 1. The molecule has 0 spiro atoms. The molecule has 0 saturated carbocycles. The van der Waals surface area contributed by atoms with E-state index in [1.54, 1.807) is 24.6 Å². The number of halogens is 1. The molecular formula is C20H16ClNO5S. The van der Waals surface area contributed by atoms with Gasteiger partial charge < -0.3 is 18.9 Å². The van der Waals surface area contributed by atoms with E-state index in [1.807, 2.05) is 24.3 Å². The molecule has 1 aromatic heterocycles. The monoisotopic (exact) mass is 417 g/mol. The van der Waals surface area contributed by atoms with Crippen molar-refractivity contribution in [1.29, 1.82) is 0 Å². The summed E-state index contributed by atoms with van der Waals surface area (Å²) in [5.74, 6) is 1.34. The maximum atomic E-state index is 12.3. The van der Waals surface area contributed by atoms with Crippen molar-refractivity contribution < 1.29 is 23.7 Å². The fourth-order valence-electron chi connectivity index (χ4n) is 2.70. The van der Waals surface area contributed by atoms with Crippen molar-refractivity contribution in [3.63, 3.8) is 0 Å². The lowest BCUT2D eigenvalue weighted by Crippen LogP contribution is -2.16. The van der Waals surface area contributed by atoms with E-state index in [-0.39, 0.29) is 12.3 Å². The Morgan fingerprint density at radius 1 is 1.21 bits per heavy atom. The molecule has 0 saturated heterocycles. The first-order valence-electron chi connectivity index (χ1n) is 8.49. The number of fused-ring (bicyclic) bond motifs is 1. The molecule has 0 fully saturated rings. The normalized spacial score (nSPS) is 12.5. The second-order valence-corrected chi connectivity index (χ2v) is 7.21. The van der Waals surface area contributed by atoms with Crippen LogP contribution in [-0.4, -0.2) is 31.3 Å². The van der Waals surface area contributed by atoms with Crippen molar-refractivity contribution in [2.75, 3.05) is 20.3 Å². The molecule has 28 heavy (non-hydrogen) atoms. The van der Waals surface area contributed by atoms with Crippen LogP contribution in [0.25, 0.3) is 10.6 Å². The summed E-state index contributed by atoms with van der Waals surface area (Å²) < 4.78 is 21.5. The second-order valence-electron chi connectivity index (χ2n) is 5.94. The molecule has 1 aliphatic rings. The zero-order valence-corrected chi connectivity index (χ0v) is 16.5. The summed E-state index contributed by atoms with van der Waals surface area (Å²) in [6.07, 6.45) is 0. The van der Waals surface area contributed by atoms with Gasteiger partial charge in [0.15, 0.2) is 17.2 Å². The average Bonchev–Trinajstić information content (AvgIpc) is 3.22. The second kappa shape index (κ2) is 8.08. The smallest absolute Gasteiger partial charge is 0.358 e. The van der Waals surface area contributed by atoms with E-state index in [2.05, 4.69) is 4.98 Å². The topological polar surface area (TPSA) is 66.9 Å². The van der Waals surface area contributed by atoms with Crippen molar-refractivity contribution in [1.82, 2.24) is 4.98 Å². The van der Waals surface area contributed by atoms with Gasteiger partial charge in [-0.2, -0.15) is 0 Å². The molecule has 0 unspecified atom stereocenters. The Labute approximate surface area is 170 Å². The molecule has 3 aromatic rings. The van der Waals surface area contributed by atoms with Gasteiger partial charge in [0, 0.05) is 10.9 Å². The summed E-state index contributed by atoms with van der Waals surface area (Å²) in [5.41, 5.74) is 1.89. The zero-order valence-electron chi connectivity index (χ0n) is 14.9. The number of nitrogens with zero attached hydrogens (tertiary/aromatic N) is 1. The average molecular weight is 418 g/mol. The van der Waals surface area contributed by atoms with Gasteiger partial charge in [0.25, 0.3) is 0 Å². The lowest BCUT2D eigenvalue weighted by molar-refractivity contribution is 0.0466. The highest BCUT2D eigenvalue weighted by Gasteiger charge is 2.18. The van der Waals surface area contributed by atoms with Gasteiger partial charge >= 0.3 is 5.97 Å². The van der Waals surface area contributed by atoms with Gasteiger partial charge in [-0.25, -0.2) is 9.78 Å². The highest BCUT2D eigenvalue weighted by Crippen LogP contribution is 2.38. The summed E-state index contributed by atoms with van der Waals surface area (Å²) in [7, 11) is 1.61. The molecule has 0 amide bonds. The van der Waals surface area contributed by atoms with Crippen molar-refractivity contribution >= 4 is 28.9 Å². The van der Waals surface area contributed by atoms with Crippen LogP contribution < -0.4 is 14.2 Å². The highest BCUT2D eigenvalue weighted by molar-refractivity contribution is 7.13. The minimum Gasteiger partial charge on any atom is -0.497 e. The van der Waals surface area contributed by atoms with E-state index in [1.165, 1.54) is 11.3 Å². The summed E-state index contributed by atoms with van der Waals surface area (Å²) in [4.78, 5) is 16.7. The molecular weight excluding hydrogens is 402 g/mol. The standard InChI is InChI=1S/C20H16ClNO5S/c1-24-14-4-2-13(3-5-14)19-22-16(11-28-19)20(23)27-10-12-8-15(21)18-17(9-12)25-6-7-26-18/h2-5,8-9,11H,6-7,10H2,1H3. The Morgan fingerprint density at radius 2 is 2.00 bits per heavy atom. The fraction of sp³-hybridized carbons (Fsp3) is 0.200. The molecule has 2 aromatic carbocycles. The number of carbonyl (C=O) groups excluding carboxylic acids is 1. The quantitative estimate of drug-likeness (QED) is 0.565. The van der Waals surface area contributed by atoms with Crippen molar-refractivity contribution in [3.8, 4) is 27.8 Å². The summed E-state index contributed by atoms with van der Waals surface area (Å²) in [6, 6.07) is 10.9. The predicted octanol–water partition coefficient (Wildman–Crippen LogP) is 4.60. The van der Waals surface area contributed by atoms with Crippen LogP contribution in [0.15, 0.2) is 41.8 Å². The molecule has 4 rings (SSSR count). The first-order chi connectivity index (χ1) is 13.6. The molecule has 0 bridgehead atoms. The van der Waals surface area contributed by atoms with Crippen molar-refractivity contribution in [2.45, 2.75) is 6.61 Å². The summed E-state index contributed by atoms with van der Waals surface area (Å²) in [6.45, 7) is 0.978. The molecule has 8 heteroatoms. The van der Waals surface area contributed by atoms with Gasteiger partial charge in [-0.3, -0.25) is 0 Å². The van der Waals surface area contributed by atoms with Gasteiger partial charge in [-0.15, -0.1) is 11.3 Å². The molecule has 1 aliphatic heterocycles. The minimum absolute atomic E-state index is 0.0601. The van der Waals surface area contributed by atoms with E-state index in [0.717, 1.165) is 16.3 Å². The molecule has 2 heterocycles. The molecule has 0 N–H and O–H groups in total. The first kappa shape index (κ1) is 18.6. The molecule has 0 atom stereocenters. The number of rotatable bonds is 5. The third-order valence-electron chi connectivity index (χ3n) is 4.08. The van der Waals surface area contributed by atoms with Crippen LogP contribution in [0.2, 0.25) is 5.02 Å². The Kier molecular flexibility index (Phi) is 5.36. The maximum absolute atomic E-state index is 12.3. The third-order valence-corrected chi connectivity index (χ3v) is 5.25. The number of hydrogen-bond acceptors (Lipinski definition) is 7. The van der Waals surface area contributed by atoms with Gasteiger partial charge in [0.05, 0.1) is 12.1 Å². The van der Waals surface area contributed by atoms with E-state index in [4.69, 9.17) is 30.5 Å². The van der Waals surface area contributed by atoms with Crippen LogP contribution in [0, 0.1) is 0 Å². The molecule has 144 valence electrons. The van der Waals surface area contributed by atoms with Gasteiger partial charge in [-0.05, 0) is 42.0 Å². The van der Waals surface area contributed by atoms with E-state index in [0.29, 0.717) is 35.3 Å². The lowest BCUT2D eigenvalue weighted by Gasteiger charge is -2.20. The van der Waals surface area contributed by atoms with Gasteiger partial charge in [-0.1, -0.05) is 11.6 Å². The lowest BCUT2D eigenvalue weighted by atomic mass is 10.2. The number of hydrogen-bond donors (Lipinski definition) is 0. The van der Waals surface area contributed by atoms with E-state index in [9.17, 15) is 4.79 Å². The maximum Gasteiger partial charge on any atom is 0.358 e. The van der Waals surface area contributed by atoms with Crippen LogP contribution in [0.3, 0.4) is 0 Å². The Bertz CT molecular complexity index is 1000. The van der Waals surface area contributed by atoms with E-state index >= 15 is 0 Å². The Hall–Kier alpha value is -2.77. The zero-order chi connectivity index (χ0) is 19.5. The van der Waals surface area contributed by atoms with Crippen LogP contribution in [-0.2, 0) is 11.3 Å². The SMILES string of the molecule is COc1ccc(-c2nc(C(=O)OCc3cc(Cl)c4c(c3)OCCO4)cs2)cc1. The predicted molar refractivity (Wildman–Crippen MR) is 106 cm³/mol.